The van der Waals surface area contributed by atoms with Gasteiger partial charge in [-0.1, -0.05) is 41.5 Å². The summed E-state index contributed by atoms with van der Waals surface area (Å²) >= 11 is 0. The van der Waals surface area contributed by atoms with Gasteiger partial charge in [0.1, 0.15) is 11.4 Å². The molecule has 0 aliphatic carbocycles. The fourth-order valence-electron chi connectivity index (χ4n) is 4.97. The van der Waals surface area contributed by atoms with Crippen LogP contribution in [0.15, 0.2) is 77.4 Å². The number of nitrogens with zero attached hydrogens (tertiary/aromatic N) is 3. The molecule has 3 heterocycles. The molecule has 182 valence electrons. The summed E-state index contributed by atoms with van der Waals surface area (Å²) in [5, 5.41) is 2.83. The molecule has 2 atom stereocenters. The molecule has 2 unspecified atom stereocenters. The predicted molar refractivity (Wildman–Crippen MR) is 136 cm³/mol. The van der Waals surface area contributed by atoms with Crippen molar-refractivity contribution in [1.29, 1.82) is 0 Å². The largest absolute Gasteiger partial charge is 0.326 e. The highest BCUT2D eigenvalue weighted by molar-refractivity contribution is 6.25. The van der Waals surface area contributed by atoms with Gasteiger partial charge in [0.05, 0.1) is 18.0 Å². The number of amidine groups is 1. The minimum absolute atomic E-state index is 0.202. The van der Waals surface area contributed by atoms with Crippen molar-refractivity contribution in [2.45, 2.75) is 39.2 Å². The van der Waals surface area contributed by atoms with Crippen LogP contribution in [-0.4, -0.2) is 39.9 Å². The molecule has 5 rings (SSSR count). The van der Waals surface area contributed by atoms with Crippen LogP contribution in [0.5, 0.6) is 0 Å². The lowest BCUT2D eigenvalue weighted by Crippen LogP contribution is -2.58. The Kier molecular flexibility index (Phi) is 5.67. The van der Waals surface area contributed by atoms with E-state index in [-0.39, 0.29) is 12.8 Å². The van der Waals surface area contributed by atoms with Gasteiger partial charge in [0.15, 0.2) is 0 Å². The standard InChI is InChI=1S/C28H26N4O4/c1-17-4-9-20(10-5-17)29-24(33)15-28(27(36)30-23-13-8-19(3)16-31(23)28)22-14-25(34)32(26(22)35)21-11-6-18(2)7-12-21/h4-13,16,22H,14-15H2,1-3H3,(H,29,33). The SMILES string of the molecule is CC1=CN2C(=NC(=O)C2(CC(=O)Nc2ccc(C)cc2)C2CC(=O)N(c3ccc(C)cc3)C2=O)C=C1. The average Bonchev–Trinajstić information content (AvgIpc) is 3.29. The Balaban J connectivity index is 1.53. The van der Waals surface area contributed by atoms with E-state index in [1.165, 1.54) is 0 Å². The fraction of sp³-hybridized carbons (Fsp3) is 0.250. The van der Waals surface area contributed by atoms with E-state index in [1.54, 1.807) is 41.4 Å². The molecule has 1 fully saturated rings. The Labute approximate surface area is 209 Å². The second kappa shape index (κ2) is 8.71. The number of aliphatic imine (C=N–C) groups is 1. The molecule has 36 heavy (non-hydrogen) atoms. The van der Waals surface area contributed by atoms with Gasteiger partial charge in [-0.2, -0.15) is 4.99 Å². The number of benzene rings is 2. The zero-order valence-electron chi connectivity index (χ0n) is 20.3. The van der Waals surface area contributed by atoms with Gasteiger partial charge in [-0.05, 0) is 56.7 Å². The number of rotatable bonds is 5. The van der Waals surface area contributed by atoms with Gasteiger partial charge in [0.2, 0.25) is 17.7 Å². The van der Waals surface area contributed by atoms with Crippen LogP contribution >= 0.6 is 0 Å². The number of fused-ring (bicyclic) bond motifs is 1. The van der Waals surface area contributed by atoms with Crippen molar-refractivity contribution in [3.05, 3.63) is 83.6 Å². The van der Waals surface area contributed by atoms with Crippen LogP contribution in [0.1, 0.15) is 30.9 Å². The molecule has 4 amide bonds. The summed E-state index contributed by atoms with van der Waals surface area (Å²) < 4.78 is 0. The summed E-state index contributed by atoms with van der Waals surface area (Å²) in [5.74, 6) is -2.72. The topological polar surface area (TPSA) is 99.2 Å². The highest BCUT2D eigenvalue weighted by atomic mass is 16.2. The Morgan fingerprint density at radius 3 is 2.28 bits per heavy atom. The number of hydrogen-bond acceptors (Lipinski definition) is 5. The molecule has 3 aliphatic heterocycles. The van der Waals surface area contributed by atoms with Gasteiger partial charge >= 0.3 is 0 Å². The third-order valence-corrected chi connectivity index (χ3v) is 6.87. The highest BCUT2D eigenvalue weighted by Gasteiger charge is 2.62. The van der Waals surface area contributed by atoms with Crippen LogP contribution in [0, 0.1) is 19.8 Å². The maximum absolute atomic E-state index is 13.8. The molecule has 1 saturated heterocycles. The van der Waals surface area contributed by atoms with Gasteiger partial charge < -0.3 is 10.2 Å². The van der Waals surface area contributed by atoms with Crippen LogP contribution < -0.4 is 10.2 Å². The maximum atomic E-state index is 13.8. The number of anilines is 2. The first-order chi connectivity index (χ1) is 17.2. The molecule has 0 spiro atoms. The van der Waals surface area contributed by atoms with Gasteiger partial charge in [-0.3, -0.25) is 24.1 Å². The first-order valence-corrected chi connectivity index (χ1v) is 11.8. The van der Waals surface area contributed by atoms with E-state index in [0.717, 1.165) is 21.6 Å². The van der Waals surface area contributed by atoms with Crippen LogP contribution in [0.3, 0.4) is 0 Å². The second-order valence-corrected chi connectivity index (χ2v) is 9.53. The van der Waals surface area contributed by atoms with Crippen molar-refractivity contribution in [3.8, 4) is 0 Å². The van der Waals surface area contributed by atoms with Gasteiger partial charge in [-0.15, -0.1) is 0 Å². The van der Waals surface area contributed by atoms with Crippen molar-refractivity contribution in [2.24, 2.45) is 10.9 Å². The zero-order valence-corrected chi connectivity index (χ0v) is 20.3. The third kappa shape index (κ3) is 3.84. The molecular weight excluding hydrogens is 456 g/mol. The van der Waals surface area contributed by atoms with E-state index in [9.17, 15) is 19.2 Å². The monoisotopic (exact) mass is 482 g/mol. The van der Waals surface area contributed by atoms with E-state index in [0.29, 0.717) is 17.2 Å². The molecule has 1 N–H and O–H groups in total. The number of allylic oxidation sites excluding steroid dienone is 2. The molecule has 0 radical (unpaired) electrons. The minimum Gasteiger partial charge on any atom is -0.326 e. The van der Waals surface area contributed by atoms with Crippen LogP contribution in [0.4, 0.5) is 11.4 Å². The number of nitrogens with one attached hydrogen (secondary N) is 1. The summed E-state index contributed by atoms with van der Waals surface area (Å²) in [5.41, 5.74) is 2.23. The fourth-order valence-corrected chi connectivity index (χ4v) is 4.97. The van der Waals surface area contributed by atoms with Gasteiger partial charge in [0, 0.05) is 18.3 Å². The highest BCUT2D eigenvalue weighted by Crippen LogP contribution is 2.44. The minimum atomic E-state index is -1.65. The normalized spacial score (nSPS) is 23.1. The second-order valence-electron chi connectivity index (χ2n) is 9.53. The summed E-state index contributed by atoms with van der Waals surface area (Å²) in [4.78, 5) is 60.7. The van der Waals surface area contributed by atoms with E-state index < -0.39 is 35.1 Å². The first kappa shape index (κ1) is 23.4. The third-order valence-electron chi connectivity index (χ3n) is 6.87. The summed E-state index contributed by atoms with van der Waals surface area (Å²) in [6, 6.07) is 14.3. The lowest BCUT2D eigenvalue weighted by Gasteiger charge is -2.39. The number of hydrogen-bond donors (Lipinski definition) is 1. The zero-order chi connectivity index (χ0) is 25.6. The molecule has 8 nitrogen and oxygen atoms in total. The van der Waals surface area contributed by atoms with Gasteiger partial charge in [0.25, 0.3) is 5.91 Å². The average molecular weight is 483 g/mol. The number of aryl methyl sites for hydroxylation is 2. The molecule has 0 bridgehead atoms. The lowest BCUT2D eigenvalue weighted by molar-refractivity contribution is -0.137. The quantitative estimate of drug-likeness (QED) is 0.656. The summed E-state index contributed by atoms with van der Waals surface area (Å²) in [6.45, 7) is 5.71. The smallest absolute Gasteiger partial charge is 0.275 e. The van der Waals surface area contributed by atoms with Crippen molar-refractivity contribution < 1.29 is 19.2 Å². The Bertz CT molecular complexity index is 1370. The van der Waals surface area contributed by atoms with Crippen molar-refractivity contribution >= 4 is 40.8 Å². The van der Waals surface area contributed by atoms with Crippen molar-refractivity contribution in [2.75, 3.05) is 10.2 Å². The first-order valence-electron chi connectivity index (χ1n) is 11.8. The van der Waals surface area contributed by atoms with E-state index in [1.807, 2.05) is 51.1 Å². The van der Waals surface area contributed by atoms with E-state index in [4.69, 9.17) is 0 Å². The number of imide groups is 1. The summed E-state index contributed by atoms with van der Waals surface area (Å²) in [7, 11) is 0. The molecule has 3 aliphatic rings. The maximum Gasteiger partial charge on any atom is 0.275 e. The number of amides is 4. The number of carbonyl (C=O) groups is 4. The Hall–Kier alpha value is -4.33. The molecule has 0 saturated carbocycles. The van der Waals surface area contributed by atoms with E-state index in [2.05, 4.69) is 10.3 Å². The Morgan fingerprint density at radius 2 is 1.61 bits per heavy atom. The van der Waals surface area contributed by atoms with Gasteiger partial charge in [-0.25, -0.2) is 0 Å². The molecule has 2 aromatic carbocycles. The number of carbonyl (C=O) groups excluding carboxylic acids is 4. The van der Waals surface area contributed by atoms with Crippen molar-refractivity contribution in [3.63, 3.8) is 0 Å². The molecule has 2 aromatic rings. The lowest BCUT2D eigenvalue weighted by atomic mass is 9.77. The van der Waals surface area contributed by atoms with Crippen molar-refractivity contribution in [1.82, 2.24) is 4.90 Å². The van der Waals surface area contributed by atoms with Crippen LogP contribution in [0.2, 0.25) is 0 Å². The summed E-state index contributed by atoms with van der Waals surface area (Å²) in [6.07, 6.45) is 4.67. The Morgan fingerprint density at radius 1 is 0.972 bits per heavy atom. The molecule has 8 heteroatoms. The molecular formula is C28H26N4O4. The predicted octanol–water partition coefficient (Wildman–Crippen LogP) is 3.66. The molecule has 0 aromatic heterocycles. The van der Waals surface area contributed by atoms with Crippen LogP contribution in [-0.2, 0) is 19.2 Å². The van der Waals surface area contributed by atoms with Crippen LogP contribution in [0.25, 0.3) is 0 Å². The van der Waals surface area contributed by atoms with E-state index >= 15 is 0 Å².